The summed E-state index contributed by atoms with van der Waals surface area (Å²) < 4.78 is 64.3. The Kier molecular flexibility index (Phi) is 7.06. The number of ether oxygens (including phenoxy) is 2. The Labute approximate surface area is 224 Å². The van der Waals surface area contributed by atoms with Crippen LogP contribution in [0.1, 0.15) is 35.7 Å². The molecule has 3 aromatic carbocycles. The third-order valence-electron chi connectivity index (χ3n) is 6.74. The summed E-state index contributed by atoms with van der Waals surface area (Å²) in [5.74, 6) is -0.767. The molecule has 0 aromatic heterocycles. The molecule has 3 aromatic rings. The topological polar surface area (TPSA) is 76.2 Å². The highest BCUT2D eigenvalue weighted by atomic mass is 35.5. The quantitative estimate of drug-likeness (QED) is 0.384. The van der Waals surface area contributed by atoms with E-state index in [0.29, 0.717) is 18.5 Å². The molecule has 1 saturated heterocycles. The van der Waals surface area contributed by atoms with Crippen LogP contribution in [0.5, 0.6) is 11.5 Å². The normalized spacial score (nSPS) is 17.4. The molecule has 0 spiro atoms. The fraction of sp³-hybridized carbons (Fsp3) is 0.296. The number of fused-ring (bicyclic) bond motifs is 1. The Morgan fingerprint density at radius 1 is 1.03 bits per heavy atom. The number of hydrogen-bond acceptors (Lipinski definition) is 5. The van der Waals surface area contributed by atoms with Gasteiger partial charge in [0.25, 0.3) is 5.91 Å². The Hall–Kier alpha value is -3.21. The van der Waals surface area contributed by atoms with Crippen LogP contribution < -0.4 is 14.4 Å². The number of amides is 1. The van der Waals surface area contributed by atoms with E-state index in [1.807, 2.05) is 6.92 Å². The minimum Gasteiger partial charge on any atom is -0.395 e. The summed E-state index contributed by atoms with van der Waals surface area (Å²) in [4.78, 5) is 15.4. The van der Waals surface area contributed by atoms with Gasteiger partial charge in [-0.1, -0.05) is 42.8 Å². The molecule has 0 unspecified atom stereocenters. The summed E-state index contributed by atoms with van der Waals surface area (Å²) in [6.45, 7) is 2.35. The molecule has 0 bridgehead atoms. The highest BCUT2D eigenvalue weighted by Gasteiger charge is 2.44. The highest BCUT2D eigenvalue weighted by Crippen LogP contribution is 2.44. The van der Waals surface area contributed by atoms with Crippen molar-refractivity contribution in [3.05, 3.63) is 82.9 Å². The number of carbonyl (C=O) groups is 1. The third kappa shape index (κ3) is 5.08. The second-order valence-corrected chi connectivity index (χ2v) is 11.4. The molecule has 2 aliphatic rings. The molecule has 0 aliphatic carbocycles. The van der Waals surface area contributed by atoms with Gasteiger partial charge in [0, 0.05) is 30.9 Å². The highest BCUT2D eigenvalue weighted by molar-refractivity contribution is 7.89. The third-order valence-corrected chi connectivity index (χ3v) is 8.99. The maximum atomic E-state index is 13.7. The summed E-state index contributed by atoms with van der Waals surface area (Å²) in [7, 11) is -3.71. The van der Waals surface area contributed by atoms with E-state index in [1.165, 1.54) is 27.4 Å². The van der Waals surface area contributed by atoms with Gasteiger partial charge in [0.1, 0.15) is 0 Å². The fourth-order valence-electron chi connectivity index (χ4n) is 4.73. The first-order valence-corrected chi connectivity index (χ1v) is 14.0. The Bertz CT molecular complexity index is 1460. The standard InChI is InChI=1S/C27H25ClF2N2O5S/c1-2-18-7-10-21(11-8-18)38(34,35)31-15-13-19(14-16-31)32(26(33)22-5-3-4-6-23(22)28)20-9-12-24-25(17-20)37-27(29,30)36-24/h3-12,17,19H,2,13-16H2,1H3. The van der Waals surface area contributed by atoms with Crippen molar-refractivity contribution in [1.29, 1.82) is 0 Å². The molecule has 7 nitrogen and oxygen atoms in total. The lowest BCUT2D eigenvalue weighted by molar-refractivity contribution is -0.286. The zero-order chi connectivity index (χ0) is 27.1. The van der Waals surface area contributed by atoms with Crippen molar-refractivity contribution in [3.8, 4) is 11.5 Å². The maximum absolute atomic E-state index is 13.7. The molecule has 1 amide bonds. The number of piperidine rings is 1. The van der Waals surface area contributed by atoms with E-state index < -0.39 is 28.3 Å². The van der Waals surface area contributed by atoms with Gasteiger partial charge in [0.05, 0.1) is 15.5 Å². The van der Waals surface area contributed by atoms with Gasteiger partial charge in [-0.25, -0.2) is 8.42 Å². The van der Waals surface area contributed by atoms with Crippen molar-refractivity contribution in [2.75, 3.05) is 18.0 Å². The second-order valence-electron chi connectivity index (χ2n) is 9.09. The van der Waals surface area contributed by atoms with Crippen molar-refractivity contribution < 1.29 is 31.5 Å². The lowest BCUT2D eigenvalue weighted by atomic mass is 10.0. The van der Waals surface area contributed by atoms with Crippen LogP contribution in [0.3, 0.4) is 0 Å². The molecule has 0 radical (unpaired) electrons. The van der Waals surface area contributed by atoms with E-state index in [0.717, 1.165) is 12.0 Å². The number of halogens is 3. The summed E-state index contributed by atoms with van der Waals surface area (Å²) in [5.41, 5.74) is 1.59. The largest absolute Gasteiger partial charge is 0.586 e. The predicted molar refractivity (Wildman–Crippen MR) is 139 cm³/mol. The van der Waals surface area contributed by atoms with Crippen molar-refractivity contribution in [2.45, 2.75) is 43.4 Å². The SMILES string of the molecule is CCc1ccc(S(=O)(=O)N2CCC(N(C(=O)c3ccccc3Cl)c3ccc4c(c3)OC(F)(F)O4)CC2)cc1. The lowest BCUT2D eigenvalue weighted by Gasteiger charge is -2.38. The molecule has 2 aliphatic heterocycles. The maximum Gasteiger partial charge on any atom is 0.586 e. The van der Waals surface area contributed by atoms with Crippen molar-refractivity contribution in [2.24, 2.45) is 0 Å². The van der Waals surface area contributed by atoms with Crippen LogP contribution in [0, 0.1) is 0 Å². The second kappa shape index (κ2) is 10.2. The number of carbonyl (C=O) groups excluding carboxylic acids is 1. The van der Waals surface area contributed by atoms with Gasteiger partial charge in [0.2, 0.25) is 10.0 Å². The average Bonchev–Trinajstić information content (AvgIpc) is 3.22. The number of alkyl halides is 2. The molecular formula is C27H25ClF2N2O5S. The van der Waals surface area contributed by atoms with Crippen LogP contribution in [-0.2, 0) is 16.4 Å². The summed E-state index contributed by atoms with van der Waals surface area (Å²) in [5, 5.41) is 0.241. The van der Waals surface area contributed by atoms with E-state index in [2.05, 4.69) is 9.47 Å². The van der Waals surface area contributed by atoms with Gasteiger partial charge >= 0.3 is 6.29 Å². The minimum absolute atomic E-state index is 0.140. The number of benzene rings is 3. The molecule has 5 rings (SSSR count). The van der Waals surface area contributed by atoms with Crippen molar-refractivity contribution >= 4 is 33.2 Å². The van der Waals surface area contributed by atoms with E-state index >= 15 is 0 Å². The number of anilines is 1. The van der Waals surface area contributed by atoms with Crippen LogP contribution in [-0.4, -0.2) is 44.1 Å². The average molecular weight is 563 g/mol. The van der Waals surface area contributed by atoms with Crippen molar-refractivity contribution in [1.82, 2.24) is 4.31 Å². The van der Waals surface area contributed by atoms with E-state index in [-0.39, 0.29) is 40.1 Å². The number of rotatable bonds is 6. The molecule has 38 heavy (non-hydrogen) atoms. The Morgan fingerprint density at radius 2 is 1.68 bits per heavy atom. The van der Waals surface area contributed by atoms with Crippen molar-refractivity contribution in [3.63, 3.8) is 0 Å². The zero-order valence-electron chi connectivity index (χ0n) is 20.4. The van der Waals surface area contributed by atoms with Crippen LogP contribution in [0.15, 0.2) is 71.6 Å². The molecular weight excluding hydrogens is 538 g/mol. The van der Waals surface area contributed by atoms with Gasteiger partial charge in [-0.15, -0.1) is 8.78 Å². The van der Waals surface area contributed by atoms with Crippen LogP contribution in [0.25, 0.3) is 0 Å². The van der Waals surface area contributed by atoms with Crippen LogP contribution >= 0.6 is 11.6 Å². The van der Waals surface area contributed by atoms with Crippen LogP contribution in [0.2, 0.25) is 5.02 Å². The zero-order valence-corrected chi connectivity index (χ0v) is 22.0. The van der Waals surface area contributed by atoms with E-state index in [9.17, 15) is 22.0 Å². The summed E-state index contributed by atoms with van der Waals surface area (Å²) in [6.07, 6.45) is -2.34. The van der Waals surface area contributed by atoms with Gasteiger partial charge in [-0.05, 0) is 61.2 Å². The number of hydrogen-bond donors (Lipinski definition) is 0. The Morgan fingerprint density at radius 3 is 2.34 bits per heavy atom. The van der Waals surface area contributed by atoms with Gasteiger partial charge < -0.3 is 14.4 Å². The molecule has 11 heteroatoms. The minimum atomic E-state index is -3.80. The van der Waals surface area contributed by atoms with Gasteiger partial charge in [-0.3, -0.25) is 4.79 Å². The molecule has 0 N–H and O–H groups in total. The smallest absolute Gasteiger partial charge is 0.395 e. The fourth-order valence-corrected chi connectivity index (χ4v) is 6.42. The lowest BCUT2D eigenvalue weighted by Crippen LogP contribution is -2.49. The van der Waals surface area contributed by atoms with Crippen LogP contribution in [0.4, 0.5) is 14.5 Å². The predicted octanol–water partition coefficient (Wildman–Crippen LogP) is 5.72. The Balaban J connectivity index is 1.42. The van der Waals surface area contributed by atoms with E-state index in [1.54, 1.807) is 48.5 Å². The monoisotopic (exact) mass is 562 g/mol. The molecule has 1 fully saturated rings. The van der Waals surface area contributed by atoms with Gasteiger partial charge in [0.15, 0.2) is 11.5 Å². The molecule has 2 heterocycles. The number of aryl methyl sites for hydroxylation is 1. The number of sulfonamides is 1. The molecule has 0 saturated carbocycles. The molecule has 200 valence electrons. The molecule has 0 atom stereocenters. The summed E-state index contributed by atoms with van der Waals surface area (Å²) >= 11 is 6.31. The first-order chi connectivity index (χ1) is 18.1. The first kappa shape index (κ1) is 26.4. The summed E-state index contributed by atoms with van der Waals surface area (Å²) in [6, 6.07) is 17.1. The first-order valence-electron chi connectivity index (χ1n) is 12.2. The van der Waals surface area contributed by atoms with E-state index in [4.69, 9.17) is 11.6 Å². The number of nitrogens with zero attached hydrogens (tertiary/aromatic N) is 2. The van der Waals surface area contributed by atoms with Gasteiger partial charge in [-0.2, -0.15) is 4.31 Å².